The average molecular weight is 613 g/mol. The summed E-state index contributed by atoms with van der Waals surface area (Å²) >= 11 is 0. The molecule has 0 aromatic heterocycles. The summed E-state index contributed by atoms with van der Waals surface area (Å²) in [5.41, 5.74) is 16.8. The highest BCUT2D eigenvalue weighted by Crippen LogP contribution is 2.51. The van der Waals surface area contributed by atoms with Gasteiger partial charge in [-0.25, -0.2) is 0 Å². The van der Waals surface area contributed by atoms with Crippen LogP contribution in [0.1, 0.15) is 30.5 Å². The normalized spacial score (nSPS) is 13.1. The number of hydrogen-bond acceptors (Lipinski definition) is 0. The maximum atomic E-state index is 2.47. The standard InChI is InChI=1S/C48H36/c1-31-20-26-42-43(28-31)47(37-25-27-39-38-16-9-10-19-44(38)48(2,3)45(39)30-37)41-18-8-7-17-40(41)46(42)36-15-11-14-35(29-36)34-23-21-33(22-24-34)32-12-5-4-6-13-32/h4-30H,1-3H3. The molecule has 0 heterocycles. The number of fused-ring (bicyclic) bond motifs is 5. The van der Waals surface area contributed by atoms with Gasteiger partial charge in [0.15, 0.2) is 0 Å². The van der Waals surface area contributed by atoms with E-state index in [1.165, 1.54) is 93.9 Å². The number of rotatable bonds is 4. The second-order valence-electron chi connectivity index (χ2n) is 13.8. The molecule has 0 heteroatoms. The van der Waals surface area contributed by atoms with E-state index in [-0.39, 0.29) is 5.41 Å². The Balaban J connectivity index is 1.23. The van der Waals surface area contributed by atoms with Gasteiger partial charge in [-0.15, -0.1) is 0 Å². The Labute approximate surface area is 283 Å². The molecule has 0 saturated carbocycles. The molecule has 0 N–H and O–H groups in total. The van der Waals surface area contributed by atoms with Crippen molar-refractivity contribution in [3.05, 3.63) is 180 Å². The first-order valence-electron chi connectivity index (χ1n) is 16.9. The fraction of sp³-hybridized carbons (Fsp3) is 0.0833. The van der Waals surface area contributed by atoms with Gasteiger partial charge in [0.1, 0.15) is 0 Å². The lowest BCUT2D eigenvalue weighted by molar-refractivity contribution is 0.660. The highest BCUT2D eigenvalue weighted by Gasteiger charge is 2.35. The van der Waals surface area contributed by atoms with Crippen molar-refractivity contribution in [1.82, 2.24) is 0 Å². The van der Waals surface area contributed by atoms with Crippen LogP contribution in [-0.2, 0) is 5.41 Å². The van der Waals surface area contributed by atoms with E-state index in [1.54, 1.807) is 0 Å². The van der Waals surface area contributed by atoms with Crippen LogP contribution in [0.2, 0.25) is 0 Å². The number of hydrogen-bond donors (Lipinski definition) is 0. The van der Waals surface area contributed by atoms with E-state index in [9.17, 15) is 0 Å². The largest absolute Gasteiger partial charge is 0.0622 e. The van der Waals surface area contributed by atoms with Gasteiger partial charge >= 0.3 is 0 Å². The Morgan fingerprint density at radius 1 is 0.333 bits per heavy atom. The van der Waals surface area contributed by atoms with Gasteiger partial charge in [-0.05, 0) is 107 Å². The van der Waals surface area contributed by atoms with Crippen molar-refractivity contribution in [1.29, 1.82) is 0 Å². The van der Waals surface area contributed by atoms with E-state index >= 15 is 0 Å². The molecular weight excluding hydrogens is 577 g/mol. The molecule has 0 fully saturated rings. The smallest absolute Gasteiger partial charge is 0.0159 e. The fourth-order valence-corrected chi connectivity index (χ4v) is 8.11. The topological polar surface area (TPSA) is 0 Å². The third-order valence-electron chi connectivity index (χ3n) is 10.5. The van der Waals surface area contributed by atoms with Crippen LogP contribution in [0.4, 0.5) is 0 Å². The molecule has 0 atom stereocenters. The predicted molar refractivity (Wildman–Crippen MR) is 205 cm³/mol. The van der Waals surface area contributed by atoms with Crippen molar-refractivity contribution in [2.75, 3.05) is 0 Å². The van der Waals surface area contributed by atoms with Gasteiger partial charge in [-0.2, -0.15) is 0 Å². The van der Waals surface area contributed by atoms with Gasteiger partial charge in [0.05, 0.1) is 0 Å². The Bertz CT molecular complexity index is 2510. The van der Waals surface area contributed by atoms with Crippen LogP contribution in [0, 0.1) is 6.92 Å². The molecule has 1 aliphatic rings. The zero-order chi connectivity index (χ0) is 32.4. The van der Waals surface area contributed by atoms with Crippen LogP contribution in [0.15, 0.2) is 164 Å². The van der Waals surface area contributed by atoms with Crippen molar-refractivity contribution >= 4 is 21.5 Å². The zero-order valence-electron chi connectivity index (χ0n) is 27.6. The third kappa shape index (κ3) is 4.44. The van der Waals surface area contributed by atoms with Crippen LogP contribution < -0.4 is 0 Å². The van der Waals surface area contributed by atoms with Crippen LogP contribution in [0.3, 0.4) is 0 Å². The van der Waals surface area contributed by atoms with E-state index < -0.39 is 0 Å². The van der Waals surface area contributed by atoms with Crippen LogP contribution >= 0.6 is 0 Å². The minimum Gasteiger partial charge on any atom is -0.0622 e. The summed E-state index contributed by atoms with van der Waals surface area (Å²) in [6.07, 6.45) is 0. The molecule has 8 aromatic rings. The van der Waals surface area contributed by atoms with E-state index in [4.69, 9.17) is 0 Å². The summed E-state index contributed by atoms with van der Waals surface area (Å²) in [4.78, 5) is 0. The Kier molecular flexibility index (Phi) is 6.49. The molecule has 8 aromatic carbocycles. The minimum absolute atomic E-state index is 0.0524. The Morgan fingerprint density at radius 2 is 0.854 bits per heavy atom. The van der Waals surface area contributed by atoms with Gasteiger partial charge in [-0.1, -0.05) is 171 Å². The van der Waals surface area contributed by atoms with Gasteiger partial charge in [-0.3, -0.25) is 0 Å². The molecular formula is C48H36. The lowest BCUT2D eigenvalue weighted by Crippen LogP contribution is -2.14. The van der Waals surface area contributed by atoms with Crippen molar-refractivity contribution in [3.8, 4) is 55.6 Å². The summed E-state index contributed by atoms with van der Waals surface area (Å²) in [6, 6.07) is 60.7. The van der Waals surface area contributed by atoms with Gasteiger partial charge in [0.2, 0.25) is 0 Å². The zero-order valence-corrected chi connectivity index (χ0v) is 27.6. The molecule has 0 radical (unpaired) electrons. The summed E-state index contributed by atoms with van der Waals surface area (Å²) < 4.78 is 0. The molecule has 0 saturated heterocycles. The van der Waals surface area contributed by atoms with Crippen molar-refractivity contribution < 1.29 is 0 Å². The summed E-state index contributed by atoms with van der Waals surface area (Å²) in [5.74, 6) is 0. The second kappa shape index (κ2) is 10.9. The average Bonchev–Trinajstić information content (AvgIpc) is 3.36. The Hall–Kier alpha value is -5.72. The minimum atomic E-state index is -0.0524. The molecule has 1 aliphatic carbocycles. The Morgan fingerprint density at radius 3 is 1.62 bits per heavy atom. The first-order chi connectivity index (χ1) is 23.5. The summed E-state index contributed by atoms with van der Waals surface area (Å²) in [5, 5.41) is 5.16. The summed E-state index contributed by atoms with van der Waals surface area (Å²) in [6.45, 7) is 6.94. The monoisotopic (exact) mass is 612 g/mol. The van der Waals surface area contributed by atoms with Crippen LogP contribution in [0.5, 0.6) is 0 Å². The van der Waals surface area contributed by atoms with Crippen molar-refractivity contribution in [2.45, 2.75) is 26.2 Å². The highest BCUT2D eigenvalue weighted by atomic mass is 14.4. The fourth-order valence-electron chi connectivity index (χ4n) is 8.11. The highest BCUT2D eigenvalue weighted by molar-refractivity contribution is 6.21. The van der Waals surface area contributed by atoms with E-state index in [0.29, 0.717) is 0 Å². The molecule has 9 rings (SSSR count). The molecule has 0 aliphatic heterocycles. The molecule has 0 nitrogen and oxygen atoms in total. The van der Waals surface area contributed by atoms with Gasteiger partial charge < -0.3 is 0 Å². The van der Waals surface area contributed by atoms with Gasteiger partial charge in [0, 0.05) is 5.41 Å². The predicted octanol–water partition coefficient (Wildman–Crippen LogP) is 13.3. The molecule has 228 valence electrons. The van der Waals surface area contributed by atoms with Crippen molar-refractivity contribution in [2.24, 2.45) is 0 Å². The van der Waals surface area contributed by atoms with Gasteiger partial charge in [0.25, 0.3) is 0 Å². The number of benzene rings is 8. The maximum Gasteiger partial charge on any atom is 0.0159 e. The molecule has 0 amide bonds. The molecule has 0 bridgehead atoms. The van der Waals surface area contributed by atoms with Crippen LogP contribution in [0.25, 0.3) is 77.2 Å². The van der Waals surface area contributed by atoms with E-state index in [0.717, 1.165) is 0 Å². The summed E-state index contributed by atoms with van der Waals surface area (Å²) in [7, 11) is 0. The maximum absolute atomic E-state index is 2.47. The molecule has 48 heavy (non-hydrogen) atoms. The first-order valence-corrected chi connectivity index (χ1v) is 16.9. The first kappa shape index (κ1) is 28.5. The van der Waals surface area contributed by atoms with Crippen LogP contribution in [-0.4, -0.2) is 0 Å². The molecule has 0 unspecified atom stereocenters. The number of aryl methyl sites for hydroxylation is 1. The lowest BCUT2D eigenvalue weighted by Gasteiger charge is -2.23. The SMILES string of the molecule is Cc1ccc2c(-c3cccc(-c4ccc(-c5ccccc5)cc4)c3)c3ccccc3c(-c3ccc4c(c3)C(C)(C)c3ccccc3-4)c2c1. The second-order valence-corrected chi connectivity index (χ2v) is 13.8. The van der Waals surface area contributed by atoms with Crippen molar-refractivity contribution in [3.63, 3.8) is 0 Å². The quantitative estimate of drug-likeness (QED) is 0.173. The lowest BCUT2D eigenvalue weighted by atomic mass is 9.80. The molecule has 0 spiro atoms. The van der Waals surface area contributed by atoms with E-state index in [2.05, 4.69) is 185 Å². The van der Waals surface area contributed by atoms with E-state index in [1.807, 2.05) is 0 Å². The third-order valence-corrected chi connectivity index (χ3v) is 10.5.